The molecule has 26 heavy (non-hydrogen) atoms. The number of morpholine rings is 1. The van der Waals surface area contributed by atoms with E-state index in [9.17, 15) is 4.79 Å². The third-order valence-corrected chi connectivity index (χ3v) is 8.04. The van der Waals surface area contributed by atoms with Gasteiger partial charge in [0.05, 0.1) is 23.7 Å². The van der Waals surface area contributed by atoms with Crippen LogP contribution in [0.3, 0.4) is 0 Å². The van der Waals surface area contributed by atoms with Gasteiger partial charge in [0.1, 0.15) is 11.7 Å². The van der Waals surface area contributed by atoms with E-state index in [1.165, 1.54) is 6.42 Å². The average molecular weight is 363 g/mol. The summed E-state index contributed by atoms with van der Waals surface area (Å²) in [7, 11) is 0. The van der Waals surface area contributed by atoms with Crippen LogP contribution in [-0.4, -0.2) is 60.0 Å². The highest BCUT2D eigenvalue weighted by atomic mass is 16.7. The number of hydrogen-bond donors (Lipinski definition) is 0. The fourth-order valence-electron chi connectivity index (χ4n) is 6.97. The number of ether oxygens (including phenoxy) is 3. The van der Waals surface area contributed by atoms with Crippen molar-refractivity contribution in [2.45, 2.75) is 82.9 Å². The molecule has 5 fully saturated rings. The van der Waals surface area contributed by atoms with Gasteiger partial charge >= 0.3 is 5.97 Å². The zero-order valence-electron chi connectivity index (χ0n) is 16.6. The zero-order chi connectivity index (χ0) is 18.3. The van der Waals surface area contributed by atoms with Crippen molar-refractivity contribution in [3.8, 4) is 0 Å². The lowest BCUT2D eigenvalue weighted by molar-refractivity contribution is -0.168. The van der Waals surface area contributed by atoms with Gasteiger partial charge in [-0.3, -0.25) is 9.69 Å². The minimum absolute atomic E-state index is 0.00551. The van der Waals surface area contributed by atoms with Crippen LogP contribution in [0.1, 0.15) is 53.4 Å². The summed E-state index contributed by atoms with van der Waals surface area (Å²) in [6.07, 6.45) is 5.14. The molecule has 9 atom stereocenters. The molecule has 0 amide bonds. The van der Waals surface area contributed by atoms with Gasteiger partial charge < -0.3 is 14.2 Å². The quantitative estimate of drug-likeness (QED) is 0.558. The summed E-state index contributed by atoms with van der Waals surface area (Å²) in [5, 5.41) is 0. The van der Waals surface area contributed by atoms with E-state index in [0.717, 1.165) is 38.9 Å². The van der Waals surface area contributed by atoms with Crippen molar-refractivity contribution in [1.29, 1.82) is 0 Å². The normalized spacial score (nSPS) is 56.3. The van der Waals surface area contributed by atoms with E-state index in [1.54, 1.807) is 0 Å². The first kappa shape index (κ1) is 17.4. The Bertz CT molecular complexity index is 601. The number of fused-ring (bicyclic) bond motifs is 1. The van der Waals surface area contributed by atoms with Crippen molar-refractivity contribution >= 4 is 5.97 Å². The van der Waals surface area contributed by atoms with Crippen LogP contribution in [0, 0.1) is 23.7 Å². The predicted molar refractivity (Wildman–Crippen MR) is 96.7 cm³/mol. The van der Waals surface area contributed by atoms with Crippen LogP contribution in [0.4, 0.5) is 0 Å². The van der Waals surface area contributed by atoms with Gasteiger partial charge in [0.15, 0.2) is 0 Å². The number of epoxide rings is 1. The SMILES string of the molecule is C[C@@H]1CN(C[C@H]2C(=O)O[C@@]34[C@@H]2CC[C@H](C)[C@@H]3CC[C@@]2(C)O[C@@H]42)C[C@H](C)O1. The van der Waals surface area contributed by atoms with Crippen molar-refractivity contribution in [1.82, 2.24) is 4.90 Å². The van der Waals surface area contributed by atoms with Gasteiger partial charge in [-0.2, -0.15) is 0 Å². The third kappa shape index (κ3) is 2.36. The van der Waals surface area contributed by atoms with Crippen molar-refractivity contribution in [2.24, 2.45) is 23.7 Å². The van der Waals surface area contributed by atoms with Crippen molar-refractivity contribution < 1.29 is 19.0 Å². The summed E-state index contributed by atoms with van der Waals surface area (Å²) >= 11 is 0. The molecule has 1 spiro atoms. The number of hydrogen-bond acceptors (Lipinski definition) is 5. The summed E-state index contributed by atoms with van der Waals surface area (Å²) in [5.41, 5.74) is -0.404. The van der Waals surface area contributed by atoms with E-state index in [1.807, 2.05) is 0 Å². The molecular weight excluding hydrogens is 330 g/mol. The Morgan fingerprint density at radius 2 is 1.81 bits per heavy atom. The smallest absolute Gasteiger partial charge is 0.311 e. The topological polar surface area (TPSA) is 51.3 Å². The maximum Gasteiger partial charge on any atom is 0.311 e. The van der Waals surface area contributed by atoms with Crippen molar-refractivity contribution in [3.05, 3.63) is 0 Å². The molecule has 3 aliphatic heterocycles. The first-order chi connectivity index (χ1) is 12.3. The first-order valence-electron chi connectivity index (χ1n) is 10.6. The molecule has 5 nitrogen and oxygen atoms in total. The van der Waals surface area contributed by atoms with Crippen LogP contribution in [0.15, 0.2) is 0 Å². The second-order valence-corrected chi connectivity index (χ2v) is 9.97. The van der Waals surface area contributed by atoms with E-state index in [0.29, 0.717) is 17.8 Å². The number of nitrogens with zero attached hydrogens (tertiary/aromatic N) is 1. The monoisotopic (exact) mass is 363 g/mol. The summed E-state index contributed by atoms with van der Waals surface area (Å²) in [6.45, 7) is 11.4. The molecule has 2 saturated carbocycles. The molecule has 0 aromatic carbocycles. The molecule has 0 aromatic rings. The maximum atomic E-state index is 13.1. The van der Waals surface area contributed by atoms with Crippen LogP contribution in [-0.2, 0) is 19.0 Å². The Balaban J connectivity index is 1.42. The van der Waals surface area contributed by atoms with Gasteiger partial charge in [-0.1, -0.05) is 6.92 Å². The molecule has 0 N–H and O–H groups in total. The molecule has 5 heteroatoms. The van der Waals surface area contributed by atoms with Crippen molar-refractivity contribution in [3.63, 3.8) is 0 Å². The first-order valence-corrected chi connectivity index (χ1v) is 10.6. The molecule has 2 aliphatic carbocycles. The highest BCUT2D eigenvalue weighted by Crippen LogP contribution is 2.66. The van der Waals surface area contributed by atoms with Gasteiger partial charge in [-0.15, -0.1) is 0 Å². The van der Waals surface area contributed by atoms with Crippen LogP contribution >= 0.6 is 0 Å². The number of esters is 1. The van der Waals surface area contributed by atoms with E-state index >= 15 is 0 Å². The second-order valence-electron chi connectivity index (χ2n) is 9.97. The van der Waals surface area contributed by atoms with Gasteiger partial charge in [0.2, 0.25) is 0 Å². The molecule has 5 rings (SSSR count). The molecule has 0 aromatic heterocycles. The zero-order valence-corrected chi connectivity index (χ0v) is 16.6. The lowest BCUT2D eigenvalue weighted by Gasteiger charge is -2.50. The summed E-state index contributed by atoms with van der Waals surface area (Å²) in [6, 6.07) is 0. The fourth-order valence-corrected chi connectivity index (χ4v) is 6.97. The summed E-state index contributed by atoms with van der Waals surface area (Å²) in [4.78, 5) is 15.5. The Kier molecular flexibility index (Phi) is 3.81. The highest BCUT2D eigenvalue weighted by molar-refractivity contribution is 5.77. The molecule has 5 aliphatic rings. The Morgan fingerprint density at radius 3 is 2.54 bits per heavy atom. The van der Waals surface area contributed by atoms with Crippen molar-refractivity contribution in [2.75, 3.05) is 19.6 Å². The van der Waals surface area contributed by atoms with E-state index in [2.05, 4.69) is 32.6 Å². The number of carbonyl (C=O) groups excluding carboxylic acids is 1. The van der Waals surface area contributed by atoms with Crippen LogP contribution in [0.5, 0.6) is 0 Å². The van der Waals surface area contributed by atoms with Gasteiger partial charge in [-0.05, 0) is 52.4 Å². The van der Waals surface area contributed by atoms with Crippen LogP contribution < -0.4 is 0 Å². The van der Waals surface area contributed by atoms with Crippen LogP contribution in [0.25, 0.3) is 0 Å². The summed E-state index contributed by atoms with van der Waals surface area (Å²) in [5.74, 6) is 1.43. The lowest BCUT2D eigenvalue weighted by Crippen LogP contribution is -2.58. The largest absolute Gasteiger partial charge is 0.455 e. The fraction of sp³-hybridized carbons (Fsp3) is 0.952. The Labute approximate surface area is 156 Å². The Morgan fingerprint density at radius 1 is 1.08 bits per heavy atom. The van der Waals surface area contributed by atoms with Gasteiger partial charge in [0.25, 0.3) is 0 Å². The molecular formula is C21H33NO4. The van der Waals surface area contributed by atoms with Crippen LogP contribution in [0.2, 0.25) is 0 Å². The Hall–Kier alpha value is -0.650. The average Bonchev–Trinajstić information content (AvgIpc) is 3.18. The molecule has 0 bridgehead atoms. The minimum atomic E-state index is -0.351. The lowest BCUT2D eigenvalue weighted by atomic mass is 9.55. The molecule has 3 heterocycles. The molecule has 146 valence electrons. The van der Waals surface area contributed by atoms with Gasteiger partial charge in [-0.25, -0.2) is 0 Å². The van der Waals surface area contributed by atoms with E-state index in [-0.39, 0.29) is 41.4 Å². The standard InChI is InChI=1S/C21H33NO4/c1-12-5-6-17-15(11-22-9-13(2)24-14(3)10-22)18(23)25-21(17)16(12)7-8-20(4)19(21)26-20/h12-17,19H,5-11H2,1-4H3/t12-,13-,14+,15+,16-,17+,19+,20+,21+/m0/s1. The number of rotatable bonds is 2. The van der Waals surface area contributed by atoms with E-state index < -0.39 is 0 Å². The maximum absolute atomic E-state index is 13.1. The molecule has 3 saturated heterocycles. The number of carbonyl (C=O) groups is 1. The minimum Gasteiger partial charge on any atom is -0.455 e. The second kappa shape index (κ2) is 5.68. The van der Waals surface area contributed by atoms with Gasteiger partial charge in [0, 0.05) is 31.5 Å². The molecule has 0 unspecified atom stereocenters. The summed E-state index contributed by atoms with van der Waals surface area (Å²) < 4.78 is 18.4. The molecule has 0 radical (unpaired) electrons. The predicted octanol–water partition coefficient (Wildman–Crippen LogP) is 2.62. The van der Waals surface area contributed by atoms with E-state index in [4.69, 9.17) is 14.2 Å². The highest BCUT2D eigenvalue weighted by Gasteiger charge is 2.77. The third-order valence-electron chi connectivity index (χ3n) is 8.04.